The average molecular weight is 317 g/mol. The number of para-hydroxylation sites is 1. The summed E-state index contributed by atoms with van der Waals surface area (Å²) in [6, 6.07) is 7.02. The Kier molecular flexibility index (Phi) is 6.14. The lowest BCUT2D eigenvalue weighted by atomic mass is 10.0. The Morgan fingerprint density at radius 1 is 1.35 bits per heavy atom. The molecular formula is C17H23N3O3. The highest BCUT2D eigenvalue weighted by molar-refractivity contribution is 5.77. The van der Waals surface area contributed by atoms with Crippen LogP contribution in [0.4, 0.5) is 0 Å². The highest BCUT2D eigenvalue weighted by Gasteiger charge is 2.24. The number of ether oxygens (including phenoxy) is 1. The lowest BCUT2D eigenvalue weighted by Crippen LogP contribution is -2.30. The van der Waals surface area contributed by atoms with E-state index in [0.29, 0.717) is 23.9 Å². The van der Waals surface area contributed by atoms with Crippen LogP contribution >= 0.6 is 0 Å². The van der Waals surface area contributed by atoms with Crippen LogP contribution in [0.15, 0.2) is 28.8 Å². The first-order valence-corrected chi connectivity index (χ1v) is 7.88. The molecule has 1 heterocycles. The highest BCUT2D eigenvalue weighted by Crippen LogP contribution is 2.28. The fourth-order valence-electron chi connectivity index (χ4n) is 2.39. The maximum atomic E-state index is 12.2. The minimum absolute atomic E-state index is 0.0307. The first-order chi connectivity index (χ1) is 11.2. The lowest BCUT2D eigenvalue weighted by molar-refractivity contribution is -0.121. The number of aryl methyl sites for hydroxylation is 1. The van der Waals surface area contributed by atoms with Crippen molar-refractivity contribution in [3.8, 4) is 5.75 Å². The fourth-order valence-corrected chi connectivity index (χ4v) is 2.39. The normalized spacial score (nSPS) is 12.0. The Labute approximate surface area is 136 Å². The number of benzene rings is 1. The summed E-state index contributed by atoms with van der Waals surface area (Å²) >= 11 is 0. The van der Waals surface area contributed by atoms with Crippen molar-refractivity contribution >= 4 is 5.91 Å². The molecule has 2 rings (SSSR count). The van der Waals surface area contributed by atoms with Crippen molar-refractivity contribution in [3.63, 3.8) is 0 Å². The monoisotopic (exact) mass is 317 g/mol. The van der Waals surface area contributed by atoms with Crippen LogP contribution in [0.2, 0.25) is 0 Å². The van der Waals surface area contributed by atoms with Crippen LogP contribution in [0.25, 0.3) is 0 Å². The van der Waals surface area contributed by atoms with Crippen LogP contribution in [0.3, 0.4) is 0 Å². The minimum atomic E-state index is -0.488. The Bertz CT molecular complexity index is 640. The molecule has 6 heteroatoms. The topological polar surface area (TPSA) is 77.3 Å². The molecule has 0 spiro atoms. The van der Waals surface area contributed by atoms with Gasteiger partial charge in [0.1, 0.15) is 11.8 Å². The van der Waals surface area contributed by atoms with E-state index >= 15 is 0 Å². The van der Waals surface area contributed by atoms with Gasteiger partial charge in [-0.2, -0.15) is 4.98 Å². The summed E-state index contributed by atoms with van der Waals surface area (Å²) in [6.45, 7) is 3.83. The molecular weight excluding hydrogens is 294 g/mol. The van der Waals surface area contributed by atoms with E-state index in [1.54, 1.807) is 14.0 Å². The molecule has 0 aliphatic heterocycles. The third-order valence-electron chi connectivity index (χ3n) is 3.56. The fraction of sp³-hybridized carbons (Fsp3) is 0.471. The second-order valence-electron chi connectivity index (χ2n) is 5.37. The Hall–Kier alpha value is -2.37. The van der Waals surface area contributed by atoms with Crippen molar-refractivity contribution < 1.29 is 14.1 Å². The van der Waals surface area contributed by atoms with Crippen LogP contribution in [0.1, 0.15) is 55.9 Å². The van der Waals surface area contributed by atoms with E-state index in [0.717, 1.165) is 24.8 Å². The Balaban J connectivity index is 2.24. The third kappa shape index (κ3) is 4.55. The number of nitrogens with zero attached hydrogens (tertiary/aromatic N) is 2. The molecule has 0 bridgehead atoms. The average Bonchev–Trinajstić information content (AvgIpc) is 2.99. The predicted octanol–water partition coefficient (Wildman–Crippen LogP) is 3.17. The van der Waals surface area contributed by atoms with Crippen molar-refractivity contribution in [1.82, 2.24) is 15.5 Å². The molecule has 1 unspecified atom stereocenters. The number of hydrogen-bond acceptors (Lipinski definition) is 5. The van der Waals surface area contributed by atoms with Crippen LogP contribution in [0.5, 0.6) is 5.75 Å². The van der Waals surface area contributed by atoms with Crippen LogP contribution in [-0.4, -0.2) is 23.2 Å². The van der Waals surface area contributed by atoms with Gasteiger partial charge in [-0.25, -0.2) is 0 Å². The lowest BCUT2D eigenvalue weighted by Gasteiger charge is -2.18. The number of carbonyl (C=O) groups excluding carboxylic acids is 1. The second-order valence-corrected chi connectivity index (χ2v) is 5.37. The molecule has 23 heavy (non-hydrogen) atoms. The van der Waals surface area contributed by atoms with Gasteiger partial charge in [0.05, 0.1) is 7.11 Å². The van der Waals surface area contributed by atoms with Crippen molar-refractivity contribution in [2.45, 2.75) is 45.6 Å². The quantitative estimate of drug-likeness (QED) is 0.757. The van der Waals surface area contributed by atoms with Gasteiger partial charge in [0, 0.05) is 18.9 Å². The van der Waals surface area contributed by atoms with Gasteiger partial charge in [0.2, 0.25) is 11.8 Å². The molecule has 0 fully saturated rings. The highest BCUT2D eigenvalue weighted by atomic mass is 16.5. The maximum Gasteiger partial charge on any atom is 0.223 e. The van der Waals surface area contributed by atoms with Crippen molar-refractivity contribution in [2.75, 3.05) is 7.11 Å². The van der Waals surface area contributed by atoms with Gasteiger partial charge in [-0.15, -0.1) is 0 Å². The minimum Gasteiger partial charge on any atom is -0.496 e. The maximum absolute atomic E-state index is 12.2. The van der Waals surface area contributed by atoms with E-state index in [2.05, 4.69) is 22.4 Å². The number of aromatic nitrogens is 2. The number of hydrogen-bond donors (Lipinski definition) is 1. The molecule has 1 atom stereocenters. The van der Waals surface area contributed by atoms with E-state index in [1.807, 2.05) is 24.3 Å². The predicted molar refractivity (Wildman–Crippen MR) is 86.2 cm³/mol. The number of rotatable bonds is 8. The van der Waals surface area contributed by atoms with Crippen molar-refractivity contribution in [1.29, 1.82) is 0 Å². The molecule has 1 amide bonds. The van der Waals surface area contributed by atoms with E-state index < -0.39 is 6.04 Å². The standard InChI is InChI=1S/C17H23N3O3/c1-4-5-6-11-15(21)19-16(17-18-12(2)23-20-17)13-9-7-8-10-14(13)22-3/h7-10,16H,4-6,11H2,1-3H3,(H,19,21). The Morgan fingerprint density at radius 3 is 2.78 bits per heavy atom. The third-order valence-corrected chi connectivity index (χ3v) is 3.56. The van der Waals surface area contributed by atoms with Crippen molar-refractivity contribution in [2.24, 2.45) is 0 Å². The van der Waals surface area contributed by atoms with Gasteiger partial charge < -0.3 is 14.6 Å². The molecule has 0 saturated heterocycles. The molecule has 0 aliphatic carbocycles. The van der Waals surface area contributed by atoms with Gasteiger partial charge in [0.25, 0.3) is 0 Å². The van der Waals surface area contributed by atoms with E-state index in [9.17, 15) is 4.79 Å². The molecule has 0 radical (unpaired) electrons. The molecule has 2 aromatic rings. The summed E-state index contributed by atoms with van der Waals surface area (Å²) in [4.78, 5) is 16.5. The molecule has 1 aromatic carbocycles. The van der Waals surface area contributed by atoms with E-state index in [-0.39, 0.29) is 5.91 Å². The molecule has 6 nitrogen and oxygen atoms in total. The first-order valence-electron chi connectivity index (χ1n) is 7.88. The molecule has 0 saturated carbocycles. The summed E-state index contributed by atoms with van der Waals surface area (Å²) in [7, 11) is 1.60. The zero-order chi connectivity index (χ0) is 16.7. The number of nitrogens with one attached hydrogen (secondary N) is 1. The van der Waals surface area contributed by atoms with Gasteiger partial charge in [-0.05, 0) is 12.5 Å². The van der Waals surface area contributed by atoms with Crippen molar-refractivity contribution in [3.05, 3.63) is 41.5 Å². The molecule has 1 aromatic heterocycles. The first kappa shape index (κ1) is 17.0. The summed E-state index contributed by atoms with van der Waals surface area (Å²) < 4.78 is 10.5. The number of unbranched alkanes of at least 4 members (excludes halogenated alkanes) is 2. The van der Waals surface area contributed by atoms with Gasteiger partial charge in [-0.3, -0.25) is 4.79 Å². The van der Waals surface area contributed by atoms with Crippen LogP contribution in [0, 0.1) is 6.92 Å². The summed E-state index contributed by atoms with van der Waals surface area (Å²) in [5, 5.41) is 6.95. The zero-order valence-corrected chi connectivity index (χ0v) is 13.8. The molecule has 1 N–H and O–H groups in total. The summed E-state index contributed by atoms with van der Waals surface area (Å²) in [5.74, 6) is 1.53. The van der Waals surface area contributed by atoms with Crippen LogP contribution < -0.4 is 10.1 Å². The largest absolute Gasteiger partial charge is 0.496 e. The Morgan fingerprint density at radius 2 is 2.13 bits per heavy atom. The number of carbonyl (C=O) groups is 1. The van der Waals surface area contributed by atoms with Gasteiger partial charge in [-0.1, -0.05) is 43.1 Å². The SMILES string of the molecule is CCCCCC(=O)NC(c1noc(C)n1)c1ccccc1OC. The second kappa shape index (κ2) is 8.31. The van der Waals surface area contributed by atoms with Crippen LogP contribution in [-0.2, 0) is 4.79 Å². The van der Waals surface area contributed by atoms with Gasteiger partial charge >= 0.3 is 0 Å². The van der Waals surface area contributed by atoms with E-state index in [4.69, 9.17) is 9.26 Å². The number of methoxy groups -OCH3 is 1. The summed E-state index contributed by atoms with van der Waals surface area (Å²) in [5.41, 5.74) is 0.805. The number of amides is 1. The van der Waals surface area contributed by atoms with E-state index in [1.165, 1.54) is 0 Å². The molecule has 0 aliphatic rings. The van der Waals surface area contributed by atoms with Gasteiger partial charge in [0.15, 0.2) is 5.82 Å². The summed E-state index contributed by atoms with van der Waals surface area (Å²) in [6.07, 6.45) is 3.46. The molecule has 124 valence electrons. The smallest absolute Gasteiger partial charge is 0.223 e. The zero-order valence-electron chi connectivity index (χ0n) is 13.8.